The fraction of sp³-hybridized carbons (Fsp3) is 0.571. The molecule has 0 aliphatic rings. The predicted molar refractivity (Wildman–Crippen MR) is 72.2 cm³/mol. The van der Waals surface area contributed by atoms with E-state index in [0.29, 0.717) is 5.75 Å². The molecule has 0 fully saturated rings. The maximum absolute atomic E-state index is 9.83. The van der Waals surface area contributed by atoms with E-state index in [-0.39, 0.29) is 6.04 Å². The molecule has 18 heavy (non-hydrogen) atoms. The van der Waals surface area contributed by atoms with E-state index in [1.807, 2.05) is 13.0 Å². The number of nitrogens with one attached hydrogen (secondary N) is 1. The van der Waals surface area contributed by atoms with Gasteiger partial charge in [0.15, 0.2) is 0 Å². The Morgan fingerprint density at radius 2 is 2.06 bits per heavy atom. The van der Waals surface area contributed by atoms with Gasteiger partial charge in [-0.25, -0.2) is 0 Å². The van der Waals surface area contributed by atoms with Crippen LogP contribution in [0.5, 0.6) is 11.5 Å². The van der Waals surface area contributed by atoms with Crippen LogP contribution in [-0.2, 0) is 4.74 Å². The van der Waals surface area contributed by atoms with Crippen LogP contribution < -0.4 is 10.1 Å². The lowest BCUT2D eigenvalue weighted by Crippen LogP contribution is -2.20. The van der Waals surface area contributed by atoms with Crippen molar-refractivity contribution in [3.63, 3.8) is 0 Å². The zero-order chi connectivity index (χ0) is 13.4. The molecule has 1 unspecified atom stereocenters. The molecule has 0 spiro atoms. The normalized spacial score (nSPS) is 12.4. The first-order valence-electron chi connectivity index (χ1n) is 6.28. The van der Waals surface area contributed by atoms with Crippen LogP contribution in [0.2, 0.25) is 0 Å². The van der Waals surface area contributed by atoms with Crippen LogP contribution >= 0.6 is 0 Å². The van der Waals surface area contributed by atoms with Crippen LogP contribution in [0.1, 0.15) is 31.4 Å². The minimum Gasteiger partial charge on any atom is -0.508 e. The fourth-order valence-corrected chi connectivity index (χ4v) is 1.81. The molecule has 1 rings (SSSR count). The van der Waals surface area contributed by atoms with Crippen LogP contribution in [0, 0.1) is 0 Å². The van der Waals surface area contributed by atoms with Crippen LogP contribution in [-0.4, -0.2) is 32.5 Å². The lowest BCUT2D eigenvalue weighted by molar-refractivity contribution is 0.192. The van der Waals surface area contributed by atoms with Gasteiger partial charge in [0.1, 0.15) is 11.5 Å². The molecular weight excluding hydrogens is 230 g/mol. The van der Waals surface area contributed by atoms with Gasteiger partial charge in [0.25, 0.3) is 0 Å². The van der Waals surface area contributed by atoms with E-state index in [1.54, 1.807) is 26.4 Å². The van der Waals surface area contributed by atoms with Crippen molar-refractivity contribution in [1.29, 1.82) is 0 Å². The van der Waals surface area contributed by atoms with Gasteiger partial charge in [-0.15, -0.1) is 0 Å². The summed E-state index contributed by atoms with van der Waals surface area (Å²) in [4.78, 5) is 0. The number of benzene rings is 1. The second-order valence-corrected chi connectivity index (χ2v) is 4.30. The number of hydrogen-bond acceptors (Lipinski definition) is 4. The maximum Gasteiger partial charge on any atom is 0.120 e. The highest BCUT2D eigenvalue weighted by atomic mass is 16.5. The van der Waals surface area contributed by atoms with Gasteiger partial charge >= 0.3 is 0 Å². The fourth-order valence-electron chi connectivity index (χ4n) is 1.81. The van der Waals surface area contributed by atoms with Gasteiger partial charge in [-0.3, -0.25) is 0 Å². The molecule has 4 nitrogen and oxygen atoms in total. The maximum atomic E-state index is 9.83. The highest BCUT2D eigenvalue weighted by Crippen LogP contribution is 2.28. The van der Waals surface area contributed by atoms with Gasteiger partial charge in [0, 0.05) is 25.3 Å². The summed E-state index contributed by atoms with van der Waals surface area (Å²) in [6, 6.07) is 5.38. The van der Waals surface area contributed by atoms with Crippen molar-refractivity contribution in [3.05, 3.63) is 23.8 Å². The number of aromatic hydroxyl groups is 1. The highest BCUT2D eigenvalue weighted by Gasteiger charge is 2.10. The SMILES string of the molecule is COCCCCNC(C)c1cc(OC)ccc1O. The average Bonchev–Trinajstić information content (AvgIpc) is 2.39. The molecule has 2 N–H and O–H groups in total. The minimum atomic E-state index is 0.0997. The van der Waals surface area contributed by atoms with E-state index in [0.717, 1.165) is 37.3 Å². The van der Waals surface area contributed by atoms with E-state index in [9.17, 15) is 5.11 Å². The molecule has 0 saturated heterocycles. The quantitative estimate of drug-likeness (QED) is 0.699. The van der Waals surface area contributed by atoms with E-state index >= 15 is 0 Å². The van der Waals surface area contributed by atoms with E-state index in [2.05, 4.69) is 5.32 Å². The summed E-state index contributed by atoms with van der Waals surface area (Å²) >= 11 is 0. The number of unbranched alkanes of at least 4 members (excludes halogenated alkanes) is 1. The smallest absolute Gasteiger partial charge is 0.120 e. The van der Waals surface area contributed by atoms with E-state index in [4.69, 9.17) is 9.47 Å². The third-order valence-electron chi connectivity index (χ3n) is 2.93. The van der Waals surface area contributed by atoms with Crippen molar-refractivity contribution in [3.8, 4) is 11.5 Å². The van der Waals surface area contributed by atoms with Crippen molar-refractivity contribution < 1.29 is 14.6 Å². The van der Waals surface area contributed by atoms with Crippen molar-refractivity contribution in [2.24, 2.45) is 0 Å². The van der Waals surface area contributed by atoms with Gasteiger partial charge in [-0.1, -0.05) is 0 Å². The molecule has 0 aromatic heterocycles. The van der Waals surface area contributed by atoms with E-state index in [1.165, 1.54) is 0 Å². The molecule has 0 aliphatic heterocycles. The lowest BCUT2D eigenvalue weighted by atomic mass is 10.1. The lowest BCUT2D eigenvalue weighted by Gasteiger charge is -2.16. The first kappa shape index (κ1) is 14.8. The number of ether oxygens (including phenoxy) is 2. The number of phenols is 1. The van der Waals surface area contributed by atoms with Gasteiger partial charge in [-0.05, 0) is 44.5 Å². The average molecular weight is 253 g/mol. The van der Waals surface area contributed by atoms with Gasteiger partial charge in [0.05, 0.1) is 7.11 Å². The predicted octanol–water partition coefficient (Wildman–Crippen LogP) is 2.48. The Labute approximate surface area is 109 Å². The first-order valence-corrected chi connectivity index (χ1v) is 6.28. The Bertz CT molecular complexity index is 355. The van der Waals surface area contributed by atoms with Crippen LogP contribution in [0.4, 0.5) is 0 Å². The third-order valence-corrected chi connectivity index (χ3v) is 2.93. The van der Waals surface area contributed by atoms with Crippen molar-refractivity contribution in [2.75, 3.05) is 27.4 Å². The summed E-state index contributed by atoms with van der Waals surface area (Å²) in [7, 11) is 3.34. The molecule has 102 valence electrons. The molecule has 1 atom stereocenters. The second-order valence-electron chi connectivity index (χ2n) is 4.30. The Kier molecular flexibility index (Phi) is 6.54. The molecule has 0 aliphatic carbocycles. The molecule has 0 bridgehead atoms. The van der Waals surface area contributed by atoms with Crippen molar-refractivity contribution >= 4 is 0 Å². The number of hydrogen-bond donors (Lipinski definition) is 2. The van der Waals surface area contributed by atoms with Crippen LogP contribution in [0.25, 0.3) is 0 Å². The minimum absolute atomic E-state index is 0.0997. The molecule has 4 heteroatoms. The number of phenolic OH excluding ortho intramolecular Hbond substituents is 1. The second kappa shape index (κ2) is 7.95. The van der Waals surface area contributed by atoms with Crippen molar-refractivity contribution in [1.82, 2.24) is 5.32 Å². The number of rotatable bonds is 8. The standard InChI is InChI=1S/C14H23NO3/c1-11(15-8-4-5-9-17-2)13-10-12(18-3)6-7-14(13)16/h6-7,10-11,15-16H,4-5,8-9H2,1-3H3. The van der Waals surface area contributed by atoms with Gasteiger partial charge in [0.2, 0.25) is 0 Å². The molecule has 1 aromatic rings. The molecular formula is C14H23NO3. The molecule has 1 aromatic carbocycles. The summed E-state index contributed by atoms with van der Waals surface area (Å²) in [6.07, 6.45) is 2.10. The summed E-state index contributed by atoms with van der Waals surface area (Å²) < 4.78 is 10.2. The Morgan fingerprint density at radius 3 is 2.72 bits per heavy atom. The molecule has 0 radical (unpaired) electrons. The van der Waals surface area contributed by atoms with Crippen molar-refractivity contribution in [2.45, 2.75) is 25.8 Å². The van der Waals surface area contributed by atoms with Gasteiger partial charge < -0.3 is 19.9 Å². The topological polar surface area (TPSA) is 50.7 Å². The Balaban J connectivity index is 2.47. The summed E-state index contributed by atoms with van der Waals surface area (Å²) in [5.74, 6) is 1.06. The van der Waals surface area contributed by atoms with Crippen LogP contribution in [0.15, 0.2) is 18.2 Å². The number of methoxy groups -OCH3 is 2. The third kappa shape index (κ3) is 4.55. The Morgan fingerprint density at radius 1 is 1.28 bits per heavy atom. The molecule has 0 amide bonds. The molecule has 0 saturated carbocycles. The monoisotopic (exact) mass is 253 g/mol. The largest absolute Gasteiger partial charge is 0.508 e. The highest BCUT2D eigenvalue weighted by molar-refractivity contribution is 5.41. The summed E-state index contributed by atoms with van der Waals surface area (Å²) in [5, 5.41) is 13.2. The van der Waals surface area contributed by atoms with Crippen LogP contribution in [0.3, 0.4) is 0 Å². The first-order chi connectivity index (χ1) is 8.69. The summed E-state index contributed by atoms with van der Waals surface area (Å²) in [6.45, 7) is 3.73. The zero-order valence-corrected chi connectivity index (χ0v) is 11.4. The van der Waals surface area contributed by atoms with E-state index < -0.39 is 0 Å². The zero-order valence-electron chi connectivity index (χ0n) is 11.4. The molecule has 0 heterocycles. The summed E-state index contributed by atoms with van der Waals surface area (Å²) in [5.41, 5.74) is 0.862. The van der Waals surface area contributed by atoms with Gasteiger partial charge in [-0.2, -0.15) is 0 Å². The Hall–Kier alpha value is -1.26.